The normalized spacial score (nSPS) is 10.7. The Morgan fingerprint density at radius 1 is 0.952 bits per heavy atom. The molecular formula is C15H13Cl4NO. The molecule has 2 rings (SSSR count). The van der Waals surface area contributed by atoms with Crippen molar-refractivity contribution in [1.29, 1.82) is 0 Å². The SMILES string of the molecule is NCCc1cc(Cl)ccc1OCc1c(Cl)ccc(Cl)c1Cl. The summed E-state index contributed by atoms with van der Waals surface area (Å²) < 4.78 is 5.81. The zero-order valence-electron chi connectivity index (χ0n) is 11.0. The van der Waals surface area contributed by atoms with Crippen LogP contribution in [0.1, 0.15) is 11.1 Å². The maximum absolute atomic E-state index is 6.15. The van der Waals surface area contributed by atoms with Gasteiger partial charge in [-0.1, -0.05) is 46.4 Å². The second-order valence-corrected chi connectivity index (χ2v) is 6.03. The third kappa shape index (κ3) is 4.18. The van der Waals surface area contributed by atoms with Gasteiger partial charge in [0.2, 0.25) is 0 Å². The summed E-state index contributed by atoms with van der Waals surface area (Å²) in [7, 11) is 0. The van der Waals surface area contributed by atoms with Gasteiger partial charge in [-0.15, -0.1) is 0 Å². The van der Waals surface area contributed by atoms with Crippen molar-refractivity contribution in [3.05, 3.63) is 61.5 Å². The van der Waals surface area contributed by atoms with Crippen LogP contribution in [-0.4, -0.2) is 6.54 Å². The van der Waals surface area contributed by atoms with Gasteiger partial charge in [0, 0.05) is 15.6 Å². The molecule has 0 atom stereocenters. The molecule has 2 aromatic rings. The van der Waals surface area contributed by atoms with Gasteiger partial charge in [0.05, 0.1) is 10.0 Å². The quantitative estimate of drug-likeness (QED) is 0.722. The van der Waals surface area contributed by atoms with Crippen molar-refractivity contribution in [3.63, 3.8) is 0 Å². The minimum Gasteiger partial charge on any atom is -0.489 e. The van der Waals surface area contributed by atoms with Crippen LogP contribution in [0, 0.1) is 0 Å². The lowest BCUT2D eigenvalue weighted by Gasteiger charge is -2.14. The molecule has 0 spiro atoms. The largest absolute Gasteiger partial charge is 0.489 e. The van der Waals surface area contributed by atoms with Crippen LogP contribution in [0.25, 0.3) is 0 Å². The molecule has 0 aliphatic rings. The van der Waals surface area contributed by atoms with Gasteiger partial charge in [0.1, 0.15) is 12.4 Å². The van der Waals surface area contributed by atoms with Crippen molar-refractivity contribution in [3.8, 4) is 5.75 Å². The van der Waals surface area contributed by atoms with E-state index in [0.717, 1.165) is 5.56 Å². The minimum atomic E-state index is 0.220. The Kier molecular flexibility index (Phi) is 6.03. The van der Waals surface area contributed by atoms with Gasteiger partial charge in [-0.3, -0.25) is 0 Å². The van der Waals surface area contributed by atoms with E-state index in [1.807, 2.05) is 6.07 Å². The highest BCUT2D eigenvalue weighted by atomic mass is 35.5. The smallest absolute Gasteiger partial charge is 0.123 e. The van der Waals surface area contributed by atoms with Gasteiger partial charge in [0.25, 0.3) is 0 Å². The molecule has 2 nitrogen and oxygen atoms in total. The van der Waals surface area contributed by atoms with Crippen LogP contribution >= 0.6 is 46.4 Å². The molecule has 0 aliphatic carbocycles. The highest BCUT2D eigenvalue weighted by Gasteiger charge is 2.12. The lowest BCUT2D eigenvalue weighted by Crippen LogP contribution is -2.06. The van der Waals surface area contributed by atoms with Crippen LogP contribution in [-0.2, 0) is 13.0 Å². The molecule has 21 heavy (non-hydrogen) atoms. The van der Waals surface area contributed by atoms with Crippen molar-refractivity contribution >= 4 is 46.4 Å². The third-order valence-electron chi connectivity index (χ3n) is 2.95. The number of hydrogen-bond acceptors (Lipinski definition) is 2. The van der Waals surface area contributed by atoms with Crippen LogP contribution in [0.2, 0.25) is 20.1 Å². The Balaban J connectivity index is 2.23. The second-order valence-electron chi connectivity index (χ2n) is 4.40. The molecule has 0 aromatic heterocycles. The molecule has 0 bridgehead atoms. The van der Waals surface area contributed by atoms with E-state index in [4.69, 9.17) is 56.9 Å². The number of rotatable bonds is 5. The Labute approximate surface area is 143 Å². The fourth-order valence-corrected chi connectivity index (χ4v) is 2.74. The molecule has 0 saturated carbocycles. The van der Waals surface area contributed by atoms with Gasteiger partial charge in [-0.05, 0) is 48.9 Å². The van der Waals surface area contributed by atoms with Gasteiger partial charge in [-0.25, -0.2) is 0 Å². The van der Waals surface area contributed by atoms with Crippen LogP contribution in [0.4, 0.5) is 0 Å². The molecule has 0 amide bonds. The predicted molar refractivity (Wildman–Crippen MR) is 90.0 cm³/mol. The van der Waals surface area contributed by atoms with E-state index < -0.39 is 0 Å². The monoisotopic (exact) mass is 363 g/mol. The first-order valence-electron chi connectivity index (χ1n) is 6.26. The van der Waals surface area contributed by atoms with Crippen molar-refractivity contribution in [2.75, 3.05) is 6.54 Å². The second kappa shape index (κ2) is 7.57. The standard InChI is InChI=1S/C15H13Cl4NO/c16-10-1-4-14(9(7-10)5-6-20)21-8-11-12(17)2-3-13(18)15(11)19/h1-4,7H,5-6,8,20H2. The van der Waals surface area contributed by atoms with Gasteiger partial charge in [-0.2, -0.15) is 0 Å². The van der Waals surface area contributed by atoms with Gasteiger partial charge in [0.15, 0.2) is 0 Å². The zero-order chi connectivity index (χ0) is 15.4. The zero-order valence-corrected chi connectivity index (χ0v) is 14.0. The molecule has 0 unspecified atom stereocenters. The fourth-order valence-electron chi connectivity index (χ4n) is 1.89. The minimum absolute atomic E-state index is 0.220. The summed E-state index contributed by atoms with van der Waals surface area (Å²) in [5.41, 5.74) is 7.19. The molecule has 2 aromatic carbocycles. The van der Waals surface area contributed by atoms with E-state index >= 15 is 0 Å². The van der Waals surface area contributed by atoms with Crippen LogP contribution in [0.3, 0.4) is 0 Å². The van der Waals surface area contributed by atoms with E-state index in [9.17, 15) is 0 Å². The van der Waals surface area contributed by atoms with Crippen molar-refractivity contribution < 1.29 is 4.74 Å². The Morgan fingerprint density at radius 3 is 2.38 bits per heavy atom. The number of hydrogen-bond donors (Lipinski definition) is 1. The Morgan fingerprint density at radius 2 is 1.67 bits per heavy atom. The summed E-state index contributed by atoms with van der Waals surface area (Å²) in [5.74, 6) is 0.706. The predicted octanol–water partition coefficient (Wildman–Crippen LogP) is 5.38. The van der Waals surface area contributed by atoms with E-state index in [2.05, 4.69) is 0 Å². The average Bonchev–Trinajstić information content (AvgIpc) is 2.45. The molecule has 0 fully saturated rings. The molecule has 2 N–H and O–H groups in total. The molecule has 0 aliphatic heterocycles. The third-order valence-corrected chi connectivity index (χ3v) is 4.38. The molecule has 0 radical (unpaired) electrons. The van der Waals surface area contributed by atoms with E-state index in [1.54, 1.807) is 24.3 Å². The number of ether oxygens (including phenoxy) is 1. The molecule has 6 heteroatoms. The van der Waals surface area contributed by atoms with E-state index in [0.29, 0.717) is 44.4 Å². The lowest BCUT2D eigenvalue weighted by atomic mass is 10.1. The van der Waals surface area contributed by atoms with Crippen molar-refractivity contribution in [2.45, 2.75) is 13.0 Å². The van der Waals surface area contributed by atoms with Crippen LogP contribution < -0.4 is 10.5 Å². The van der Waals surface area contributed by atoms with Gasteiger partial charge < -0.3 is 10.5 Å². The van der Waals surface area contributed by atoms with E-state index in [-0.39, 0.29) is 6.61 Å². The van der Waals surface area contributed by atoms with Crippen LogP contribution in [0.15, 0.2) is 30.3 Å². The van der Waals surface area contributed by atoms with E-state index in [1.165, 1.54) is 0 Å². The van der Waals surface area contributed by atoms with Gasteiger partial charge >= 0.3 is 0 Å². The maximum atomic E-state index is 6.15. The summed E-state index contributed by atoms with van der Waals surface area (Å²) in [6, 6.07) is 8.75. The van der Waals surface area contributed by atoms with Crippen molar-refractivity contribution in [2.24, 2.45) is 5.73 Å². The number of benzene rings is 2. The summed E-state index contributed by atoms with van der Waals surface area (Å²) in [6.45, 7) is 0.729. The topological polar surface area (TPSA) is 35.2 Å². The molecule has 112 valence electrons. The maximum Gasteiger partial charge on any atom is 0.123 e. The average molecular weight is 365 g/mol. The number of nitrogens with two attached hydrogens (primary N) is 1. The van der Waals surface area contributed by atoms with Crippen molar-refractivity contribution in [1.82, 2.24) is 0 Å². The first kappa shape index (κ1) is 16.7. The highest BCUT2D eigenvalue weighted by molar-refractivity contribution is 6.44. The van der Waals surface area contributed by atoms with Crippen LogP contribution in [0.5, 0.6) is 5.75 Å². The number of halogens is 4. The summed E-state index contributed by atoms with van der Waals surface area (Å²) in [5, 5.41) is 2.00. The fraction of sp³-hybridized carbons (Fsp3) is 0.200. The summed E-state index contributed by atoms with van der Waals surface area (Å²) in [6.07, 6.45) is 0.674. The first-order chi connectivity index (χ1) is 10.0. The lowest BCUT2D eigenvalue weighted by molar-refractivity contribution is 0.303. The molecule has 0 saturated heterocycles. The Bertz CT molecular complexity index is 646. The highest BCUT2D eigenvalue weighted by Crippen LogP contribution is 2.33. The molecular weight excluding hydrogens is 352 g/mol. The summed E-state index contributed by atoms with van der Waals surface area (Å²) >= 11 is 24.3. The molecule has 0 heterocycles. The first-order valence-corrected chi connectivity index (χ1v) is 7.77. The Hall–Kier alpha value is -0.640. The summed E-state index contributed by atoms with van der Waals surface area (Å²) in [4.78, 5) is 0.